The van der Waals surface area contributed by atoms with Gasteiger partial charge in [-0.15, -0.1) is 0 Å². The van der Waals surface area contributed by atoms with Crippen LogP contribution < -0.4 is 5.32 Å². The Morgan fingerprint density at radius 1 is 1.14 bits per heavy atom. The van der Waals surface area contributed by atoms with Crippen molar-refractivity contribution in [3.63, 3.8) is 0 Å². The van der Waals surface area contributed by atoms with Gasteiger partial charge in [-0.05, 0) is 26.2 Å². The first kappa shape index (κ1) is 13.5. The minimum atomic E-state index is 0.845. The van der Waals surface area contributed by atoms with Crippen molar-refractivity contribution in [1.82, 2.24) is 5.32 Å². The van der Waals surface area contributed by atoms with E-state index in [0.717, 1.165) is 31.9 Å². The summed E-state index contributed by atoms with van der Waals surface area (Å²) in [6, 6.07) is 0. The van der Waals surface area contributed by atoms with Crippen molar-refractivity contribution in [2.24, 2.45) is 0 Å². The van der Waals surface area contributed by atoms with Gasteiger partial charge in [0.25, 0.3) is 0 Å². The Morgan fingerprint density at radius 2 is 1.86 bits per heavy atom. The zero-order chi connectivity index (χ0) is 10.6. The van der Waals surface area contributed by atoms with E-state index in [2.05, 4.69) is 18.8 Å². The molecule has 0 heterocycles. The molecular weight excluding hydrogens is 174 g/mol. The molecule has 84 valence electrons. The van der Waals surface area contributed by atoms with Crippen LogP contribution in [0.15, 0.2) is 12.3 Å². The van der Waals surface area contributed by atoms with E-state index in [1.165, 1.54) is 25.7 Å². The van der Waals surface area contributed by atoms with Crippen LogP contribution in [0.4, 0.5) is 0 Å². The minimum absolute atomic E-state index is 0.845. The third kappa shape index (κ3) is 9.59. The Balaban J connectivity index is 2.95. The standard InChI is InChI=1S/C12H25NO/c1-4-12(3)13-10-8-6-7-9-11-14-5-2/h13H,3-11H2,1-2H3. The summed E-state index contributed by atoms with van der Waals surface area (Å²) < 4.78 is 5.27. The molecular formula is C12H25NO. The maximum atomic E-state index is 5.27. The van der Waals surface area contributed by atoms with Gasteiger partial charge in [-0.3, -0.25) is 0 Å². The number of unbranched alkanes of at least 4 members (excludes halogenated alkanes) is 3. The Labute approximate surface area is 88.7 Å². The van der Waals surface area contributed by atoms with Crippen LogP contribution in [0.5, 0.6) is 0 Å². The predicted molar refractivity (Wildman–Crippen MR) is 62.4 cm³/mol. The molecule has 0 aromatic carbocycles. The predicted octanol–water partition coefficient (Wildman–Crippen LogP) is 3.10. The highest BCUT2D eigenvalue weighted by atomic mass is 16.5. The first-order chi connectivity index (χ1) is 6.81. The second-order valence-corrected chi connectivity index (χ2v) is 3.50. The summed E-state index contributed by atoms with van der Waals surface area (Å²) in [5, 5.41) is 3.31. The Hall–Kier alpha value is -0.500. The number of hydrogen-bond donors (Lipinski definition) is 1. The molecule has 0 aromatic rings. The number of rotatable bonds is 10. The van der Waals surface area contributed by atoms with Gasteiger partial charge in [0.15, 0.2) is 0 Å². The third-order valence-electron chi connectivity index (χ3n) is 2.22. The van der Waals surface area contributed by atoms with Gasteiger partial charge in [0.05, 0.1) is 0 Å². The molecule has 0 amide bonds. The van der Waals surface area contributed by atoms with Crippen LogP contribution in [0.3, 0.4) is 0 Å². The van der Waals surface area contributed by atoms with Crippen molar-refractivity contribution in [3.8, 4) is 0 Å². The zero-order valence-electron chi connectivity index (χ0n) is 9.77. The first-order valence-corrected chi connectivity index (χ1v) is 5.80. The number of hydrogen-bond acceptors (Lipinski definition) is 2. The molecule has 0 unspecified atom stereocenters. The van der Waals surface area contributed by atoms with Crippen molar-refractivity contribution >= 4 is 0 Å². The normalized spacial score (nSPS) is 10.1. The fourth-order valence-electron chi connectivity index (χ4n) is 1.22. The summed E-state index contributed by atoms with van der Waals surface area (Å²) in [5.41, 5.74) is 1.15. The average Bonchev–Trinajstić information content (AvgIpc) is 2.21. The maximum Gasteiger partial charge on any atom is 0.0465 e. The lowest BCUT2D eigenvalue weighted by Gasteiger charge is -2.06. The Bertz CT molecular complexity index is 134. The molecule has 14 heavy (non-hydrogen) atoms. The van der Waals surface area contributed by atoms with Gasteiger partial charge < -0.3 is 10.1 Å². The summed E-state index contributed by atoms with van der Waals surface area (Å²) in [5.74, 6) is 0. The van der Waals surface area contributed by atoms with Crippen LogP contribution in [0.25, 0.3) is 0 Å². The largest absolute Gasteiger partial charge is 0.389 e. The van der Waals surface area contributed by atoms with Crippen LogP contribution in [0.2, 0.25) is 0 Å². The fraction of sp³-hybridized carbons (Fsp3) is 0.833. The molecule has 2 nitrogen and oxygen atoms in total. The SMILES string of the molecule is C=C(CC)NCCCCCCOCC. The van der Waals surface area contributed by atoms with Crippen LogP contribution in [-0.4, -0.2) is 19.8 Å². The van der Waals surface area contributed by atoms with Gasteiger partial charge in [0.2, 0.25) is 0 Å². The molecule has 0 bridgehead atoms. The lowest BCUT2D eigenvalue weighted by Crippen LogP contribution is -2.13. The lowest BCUT2D eigenvalue weighted by atomic mass is 10.2. The lowest BCUT2D eigenvalue weighted by molar-refractivity contribution is 0.143. The number of nitrogens with one attached hydrogen (secondary N) is 1. The highest BCUT2D eigenvalue weighted by Gasteiger charge is 1.91. The van der Waals surface area contributed by atoms with Crippen molar-refractivity contribution < 1.29 is 4.74 Å². The molecule has 0 spiro atoms. The summed E-state index contributed by atoms with van der Waals surface area (Å²) >= 11 is 0. The molecule has 0 saturated carbocycles. The first-order valence-electron chi connectivity index (χ1n) is 5.80. The Kier molecular flexibility index (Phi) is 10.2. The molecule has 0 rings (SSSR count). The van der Waals surface area contributed by atoms with Crippen LogP contribution >= 0.6 is 0 Å². The minimum Gasteiger partial charge on any atom is -0.389 e. The molecule has 0 fully saturated rings. The van der Waals surface area contributed by atoms with Crippen molar-refractivity contribution in [2.45, 2.75) is 46.0 Å². The summed E-state index contributed by atoms with van der Waals surface area (Å²) in [4.78, 5) is 0. The van der Waals surface area contributed by atoms with Crippen molar-refractivity contribution in [1.29, 1.82) is 0 Å². The number of allylic oxidation sites excluding steroid dienone is 1. The van der Waals surface area contributed by atoms with Gasteiger partial charge in [-0.1, -0.05) is 26.3 Å². The van der Waals surface area contributed by atoms with Gasteiger partial charge in [0, 0.05) is 25.5 Å². The summed E-state index contributed by atoms with van der Waals surface area (Å²) in [7, 11) is 0. The van der Waals surface area contributed by atoms with Gasteiger partial charge in [-0.25, -0.2) is 0 Å². The molecule has 0 radical (unpaired) electrons. The third-order valence-corrected chi connectivity index (χ3v) is 2.22. The van der Waals surface area contributed by atoms with Gasteiger partial charge >= 0.3 is 0 Å². The van der Waals surface area contributed by atoms with E-state index in [1.54, 1.807) is 0 Å². The van der Waals surface area contributed by atoms with Crippen LogP contribution in [-0.2, 0) is 4.74 Å². The van der Waals surface area contributed by atoms with Crippen molar-refractivity contribution in [2.75, 3.05) is 19.8 Å². The van der Waals surface area contributed by atoms with E-state index < -0.39 is 0 Å². The van der Waals surface area contributed by atoms with Crippen LogP contribution in [0.1, 0.15) is 46.0 Å². The molecule has 1 N–H and O–H groups in total. The highest BCUT2D eigenvalue weighted by molar-refractivity contribution is 4.88. The average molecular weight is 199 g/mol. The summed E-state index contributed by atoms with van der Waals surface area (Å²) in [6.45, 7) is 10.9. The second kappa shape index (κ2) is 10.6. The van der Waals surface area contributed by atoms with Crippen molar-refractivity contribution in [3.05, 3.63) is 12.3 Å². The van der Waals surface area contributed by atoms with Gasteiger partial charge in [-0.2, -0.15) is 0 Å². The molecule has 0 atom stereocenters. The smallest absolute Gasteiger partial charge is 0.0465 e. The Morgan fingerprint density at radius 3 is 2.50 bits per heavy atom. The second-order valence-electron chi connectivity index (χ2n) is 3.50. The molecule has 0 aliphatic heterocycles. The quantitative estimate of drug-likeness (QED) is 0.546. The monoisotopic (exact) mass is 199 g/mol. The van der Waals surface area contributed by atoms with E-state index in [1.807, 2.05) is 6.92 Å². The van der Waals surface area contributed by atoms with Crippen LogP contribution in [0, 0.1) is 0 Å². The zero-order valence-corrected chi connectivity index (χ0v) is 9.77. The van der Waals surface area contributed by atoms with E-state index in [4.69, 9.17) is 4.74 Å². The molecule has 2 heteroatoms. The molecule has 0 aromatic heterocycles. The van der Waals surface area contributed by atoms with E-state index in [-0.39, 0.29) is 0 Å². The molecule has 0 aliphatic carbocycles. The van der Waals surface area contributed by atoms with E-state index >= 15 is 0 Å². The maximum absolute atomic E-state index is 5.27. The number of ether oxygens (including phenoxy) is 1. The van der Waals surface area contributed by atoms with Gasteiger partial charge in [0.1, 0.15) is 0 Å². The molecule has 0 aliphatic rings. The summed E-state index contributed by atoms with van der Waals surface area (Å²) in [6.07, 6.45) is 6.04. The van der Waals surface area contributed by atoms with E-state index in [9.17, 15) is 0 Å². The molecule has 0 saturated heterocycles. The topological polar surface area (TPSA) is 21.3 Å². The fourth-order valence-corrected chi connectivity index (χ4v) is 1.22. The van der Waals surface area contributed by atoms with E-state index in [0.29, 0.717) is 0 Å². The highest BCUT2D eigenvalue weighted by Crippen LogP contribution is 2.00.